The van der Waals surface area contributed by atoms with Gasteiger partial charge in [0.2, 0.25) is 25.4 Å². The summed E-state index contributed by atoms with van der Waals surface area (Å²) < 4.78 is 41.4. The molecule has 52 heavy (non-hydrogen) atoms. The maximum absolute atomic E-state index is 14.3. The number of nitrogens with zero attached hydrogens (tertiary/aromatic N) is 1. The van der Waals surface area contributed by atoms with Crippen LogP contribution in [0.15, 0.2) is 54.6 Å². The van der Waals surface area contributed by atoms with Crippen molar-refractivity contribution in [1.82, 2.24) is 5.32 Å². The lowest BCUT2D eigenvalue weighted by Gasteiger charge is -2.33. The summed E-state index contributed by atoms with van der Waals surface area (Å²) in [4.78, 5) is 67.6. The minimum atomic E-state index is -4.27. The van der Waals surface area contributed by atoms with Gasteiger partial charge in [-0.3, -0.25) is 42.5 Å². The van der Waals surface area contributed by atoms with E-state index in [1.54, 1.807) is 53.7 Å². The van der Waals surface area contributed by atoms with Crippen molar-refractivity contribution in [3.05, 3.63) is 65.7 Å². The van der Waals surface area contributed by atoms with Gasteiger partial charge in [0.25, 0.3) is 0 Å². The SMILES string of the molecule is CC(C)(C)C(=O)OCOP(=O)(CC1(C(=O)NC2CCc3ccccc3N(CC(=O)OCc3ccccc3)C2=O)CCCC1)OCOC(=O)C(C)(C)C. The van der Waals surface area contributed by atoms with Gasteiger partial charge < -0.3 is 19.5 Å². The Bertz CT molecular complexity index is 1610. The number of amides is 2. The first kappa shape index (κ1) is 40.7. The molecular weight excluding hydrogens is 691 g/mol. The zero-order valence-electron chi connectivity index (χ0n) is 30.9. The van der Waals surface area contributed by atoms with Gasteiger partial charge in [0.15, 0.2) is 0 Å². The lowest BCUT2D eigenvalue weighted by molar-refractivity contribution is -0.162. The summed E-state index contributed by atoms with van der Waals surface area (Å²) in [6.07, 6.45) is 2.18. The van der Waals surface area contributed by atoms with Crippen molar-refractivity contribution in [2.45, 2.75) is 92.7 Å². The highest BCUT2D eigenvalue weighted by molar-refractivity contribution is 7.53. The van der Waals surface area contributed by atoms with E-state index in [1.807, 2.05) is 42.5 Å². The highest BCUT2D eigenvalue weighted by Crippen LogP contribution is 2.57. The zero-order valence-corrected chi connectivity index (χ0v) is 31.8. The molecule has 14 heteroatoms. The van der Waals surface area contributed by atoms with E-state index in [4.69, 9.17) is 23.3 Å². The van der Waals surface area contributed by atoms with Gasteiger partial charge in [0.05, 0.1) is 22.4 Å². The Hall–Kier alpha value is -4.06. The van der Waals surface area contributed by atoms with Crippen molar-refractivity contribution in [3.8, 4) is 0 Å². The fourth-order valence-electron chi connectivity index (χ4n) is 6.00. The van der Waals surface area contributed by atoms with Crippen molar-refractivity contribution in [1.29, 1.82) is 0 Å². The summed E-state index contributed by atoms with van der Waals surface area (Å²) >= 11 is 0. The monoisotopic (exact) mass is 742 g/mol. The van der Waals surface area contributed by atoms with Gasteiger partial charge in [-0.15, -0.1) is 0 Å². The van der Waals surface area contributed by atoms with E-state index in [9.17, 15) is 28.5 Å². The Balaban J connectivity index is 1.52. The van der Waals surface area contributed by atoms with Crippen molar-refractivity contribution in [2.75, 3.05) is 31.2 Å². The number of anilines is 1. The fraction of sp³-hybridized carbons (Fsp3) is 0.553. The van der Waals surface area contributed by atoms with Gasteiger partial charge in [-0.2, -0.15) is 0 Å². The van der Waals surface area contributed by atoms with Gasteiger partial charge in [0.1, 0.15) is 19.2 Å². The van der Waals surface area contributed by atoms with E-state index >= 15 is 0 Å². The number of benzene rings is 2. The zero-order chi connectivity index (χ0) is 38.2. The number of hydrogen-bond donors (Lipinski definition) is 1. The first-order valence-corrected chi connectivity index (χ1v) is 19.3. The van der Waals surface area contributed by atoms with E-state index in [1.165, 1.54) is 4.90 Å². The van der Waals surface area contributed by atoms with E-state index in [0.717, 1.165) is 11.1 Å². The molecular formula is C38H51N2O11P. The van der Waals surface area contributed by atoms with Crippen LogP contribution in [-0.2, 0) is 64.8 Å². The molecule has 1 aliphatic carbocycles. The van der Waals surface area contributed by atoms with Crippen molar-refractivity contribution >= 4 is 43.0 Å². The molecule has 1 atom stereocenters. The maximum Gasteiger partial charge on any atom is 0.337 e. The minimum Gasteiger partial charge on any atom is -0.459 e. The molecule has 2 amide bonds. The molecule has 0 radical (unpaired) electrons. The Morgan fingerprint density at radius 2 is 1.38 bits per heavy atom. The van der Waals surface area contributed by atoms with E-state index < -0.39 is 79.4 Å². The fourth-order valence-corrected chi connectivity index (χ4v) is 7.88. The quantitative estimate of drug-likeness (QED) is 0.103. The van der Waals surface area contributed by atoms with Crippen molar-refractivity contribution in [3.63, 3.8) is 0 Å². The number of rotatable bonds is 14. The van der Waals surface area contributed by atoms with Gasteiger partial charge >= 0.3 is 25.5 Å². The number of aryl methyl sites for hydroxylation is 1. The molecule has 1 saturated carbocycles. The van der Waals surface area contributed by atoms with Crippen LogP contribution < -0.4 is 10.2 Å². The molecule has 1 heterocycles. The van der Waals surface area contributed by atoms with Crippen LogP contribution >= 0.6 is 7.60 Å². The third-order valence-corrected chi connectivity index (χ3v) is 11.0. The van der Waals surface area contributed by atoms with Crippen LogP contribution in [0, 0.1) is 16.2 Å². The van der Waals surface area contributed by atoms with Gasteiger partial charge in [-0.05, 0) is 84.4 Å². The summed E-state index contributed by atoms with van der Waals surface area (Å²) in [6, 6.07) is 15.4. The van der Waals surface area contributed by atoms with Crippen LogP contribution in [0.1, 0.15) is 84.8 Å². The predicted octanol–water partition coefficient (Wildman–Crippen LogP) is 6.07. The molecule has 1 N–H and O–H groups in total. The Kier molecular flexibility index (Phi) is 13.4. The Morgan fingerprint density at radius 3 is 1.96 bits per heavy atom. The molecule has 1 aliphatic heterocycles. The predicted molar refractivity (Wildman–Crippen MR) is 192 cm³/mol. The normalized spacial score (nSPS) is 17.5. The number of carbonyl (C=O) groups is 5. The molecule has 2 aliphatic rings. The molecule has 284 valence electrons. The standard InChI is InChI=1S/C38H51N2O11P/c1-36(2,3)34(44)48-25-50-52(46,51-26-49-35(45)37(4,5)6)24-38(20-12-13-21-38)33(43)39-29-19-18-28-16-10-11-17-30(28)40(32(29)42)22-31(41)47-23-27-14-8-7-9-15-27/h7-11,14-17,29H,12-13,18-26H2,1-6H3,(H,39,43). The van der Waals surface area contributed by atoms with E-state index in [0.29, 0.717) is 37.8 Å². The Morgan fingerprint density at radius 1 is 0.827 bits per heavy atom. The number of carbonyl (C=O) groups excluding carboxylic acids is 5. The third kappa shape index (κ3) is 11.0. The Labute approximate surface area is 305 Å². The molecule has 1 fully saturated rings. The van der Waals surface area contributed by atoms with Crippen LogP contribution in [0.4, 0.5) is 5.69 Å². The van der Waals surface area contributed by atoms with Gasteiger partial charge in [0, 0.05) is 5.69 Å². The molecule has 0 saturated heterocycles. The van der Waals surface area contributed by atoms with Crippen LogP contribution in [0.25, 0.3) is 0 Å². The number of nitrogens with one attached hydrogen (secondary N) is 1. The number of ether oxygens (including phenoxy) is 3. The van der Waals surface area contributed by atoms with E-state index in [2.05, 4.69) is 5.32 Å². The second-order valence-electron chi connectivity index (χ2n) is 15.4. The molecule has 1 unspecified atom stereocenters. The third-order valence-electron chi connectivity index (χ3n) is 9.03. The first-order valence-electron chi connectivity index (χ1n) is 17.5. The molecule has 0 bridgehead atoms. The summed E-state index contributed by atoms with van der Waals surface area (Å²) in [6.45, 7) is 8.15. The largest absolute Gasteiger partial charge is 0.459 e. The highest BCUT2D eigenvalue weighted by atomic mass is 31.2. The van der Waals surface area contributed by atoms with Gasteiger partial charge in [-0.1, -0.05) is 61.4 Å². The van der Waals surface area contributed by atoms with Crippen molar-refractivity contribution < 1.29 is 51.8 Å². The lowest BCUT2D eigenvalue weighted by atomic mass is 9.87. The summed E-state index contributed by atoms with van der Waals surface area (Å²) in [5, 5.41) is 2.91. The lowest BCUT2D eigenvalue weighted by Crippen LogP contribution is -2.53. The highest BCUT2D eigenvalue weighted by Gasteiger charge is 2.49. The molecule has 2 aromatic carbocycles. The van der Waals surface area contributed by atoms with Crippen LogP contribution in [0.3, 0.4) is 0 Å². The molecule has 2 aromatic rings. The molecule has 0 aromatic heterocycles. The topological polar surface area (TPSA) is 164 Å². The molecule has 0 spiro atoms. The summed E-state index contributed by atoms with van der Waals surface area (Å²) in [7, 11) is -4.27. The minimum absolute atomic E-state index is 0.0427. The average Bonchev–Trinajstić information content (AvgIpc) is 3.52. The number of fused-ring (bicyclic) bond motifs is 1. The summed E-state index contributed by atoms with van der Waals surface area (Å²) in [5.41, 5.74) is -0.815. The average molecular weight is 743 g/mol. The van der Waals surface area contributed by atoms with E-state index in [-0.39, 0.29) is 19.6 Å². The number of esters is 3. The second-order valence-corrected chi connectivity index (χ2v) is 17.4. The summed E-state index contributed by atoms with van der Waals surface area (Å²) in [5.74, 6) is -2.82. The van der Waals surface area contributed by atoms with Gasteiger partial charge in [-0.25, -0.2) is 0 Å². The second kappa shape index (κ2) is 17.2. The van der Waals surface area contributed by atoms with Crippen LogP contribution in [0.2, 0.25) is 0 Å². The number of para-hydroxylation sites is 1. The maximum atomic E-state index is 14.3. The molecule has 13 nitrogen and oxygen atoms in total. The molecule has 4 rings (SSSR count). The first-order chi connectivity index (χ1) is 24.4. The van der Waals surface area contributed by atoms with Crippen LogP contribution in [-0.4, -0.2) is 62.1 Å². The smallest absolute Gasteiger partial charge is 0.337 e. The van der Waals surface area contributed by atoms with Crippen LogP contribution in [0.5, 0.6) is 0 Å². The van der Waals surface area contributed by atoms with Crippen molar-refractivity contribution in [2.24, 2.45) is 16.2 Å². The number of hydrogen-bond acceptors (Lipinski definition) is 11.